The Morgan fingerprint density at radius 2 is 0.786 bits per heavy atom. The molecular weight excluding hydrogens is 336 g/mol. The van der Waals surface area contributed by atoms with Gasteiger partial charge in [-0.2, -0.15) is 0 Å². The maximum Gasteiger partial charge on any atom is -0.0159 e. The summed E-state index contributed by atoms with van der Waals surface area (Å²) in [5.41, 5.74) is 7.01. The Morgan fingerprint density at radius 1 is 0.464 bits per heavy atom. The van der Waals surface area contributed by atoms with Crippen molar-refractivity contribution in [3.05, 3.63) is 34.4 Å². The molecule has 0 unspecified atom stereocenters. The van der Waals surface area contributed by atoms with Gasteiger partial charge in [-0.3, -0.25) is 0 Å². The first kappa shape index (κ1) is 20.5. The molecule has 3 fully saturated rings. The van der Waals surface area contributed by atoms with Gasteiger partial charge >= 0.3 is 0 Å². The highest BCUT2D eigenvalue weighted by molar-refractivity contribution is 5.44. The van der Waals surface area contributed by atoms with E-state index in [1.54, 1.807) is 22.3 Å². The van der Waals surface area contributed by atoms with Crippen LogP contribution in [0.5, 0.6) is 0 Å². The molecule has 0 N–H and O–H groups in total. The molecule has 0 bridgehead atoms. The van der Waals surface area contributed by atoms with Gasteiger partial charge in [-0.1, -0.05) is 89.2 Å². The van der Waals surface area contributed by atoms with Crippen molar-refractivity contribution in [1.29, 1.82) is 0 Å². The third-order valence-electron chi connectivity index (χ3n) is 8.43. The van der Waals surface area contributed by atoms with E-state index in [9.17, 15) is 0 Å². The molecule has 0 radical (unpaired) electrons. The van der Waals surface area contributed by atoms with Crippen molar-refractivity contribution in [1.82, 2.24) is 0 Å². The standard InChI is InChI=1S/C28H44/c1-22-27(24-16-10-4-5-11-17-24)20-26(23-14-8-2-3-9-15-23)21-28(22)25-18-12-6-7-13-19-25/h20-21,23-25H,2-19H2,1H3. The maximum absolute atomic E-state index is 2.72. The van der Waals surface area contributed by atoms with Gasteiger partial charge in [0.2, 0.25) is 0 Å². The molecule has 3 aliphatic rings. The van der Waals surface area contributed by atoms with Gasteiger partial charge in [0.15, 0.2) is 0 Å². The first-order valence-corrected chi connectivity index (χ1v) is 13.0. The Kier molecular flexibility index (Phi) is 7.54. The van der Waals surface area contributed by atoms with Crippen LogP contribution in [-0.2, 0) is 0 Å². The van der Waals surface area contributed by atoms with Gasteiger partial charge in [0.05, 0.1) is 0 Å². The third-order valence-corrected chi connectivity index (χ3v) is 8.43. The zero-order valence-corrected chi connectivity index (χ0v) is 18.6. The first-order chi connectivity index (χ1) is 13.8. The molecule has 0 aromatic heterocycles. The Labute approximate surface area is 174 Å². The van der Waals surface area contributed by atoms with Crippen LogP contribution in [0, 0.1) is 6.92 Å². The van der Waals surface area contributed by atoms with E-state index >= 15 is 0 Å². The van der Waals surface area contributed by atoms with Crippen molar-refractivity contribution >= 4 is 0 Å². The van der Waals surface area contributed by atoms with Gasteiger partial charge in [-0.05, 0) is 85.5 Å². The Morgan fingerprint density at radius 3 is 1.14 bits per heavy atom. The predicted molar refractivity (Wildman–Crippen MR) is 123 cm³/mol. The summed E-state index contributed by atoms with van der Waals surface area (Å²) in [5, 5.41) is 0. The lowest BCUT2D eigenvalue weighted by atomic mass is 9.78. The molecule has 0 amide bonds. The highest BCUT2D eigenvalue weighted by Crippen LogP contribution is 2.42. The second-order valence-corrected chi connectivity index (χ2v) is 10.4. The van der Waals surface area contributed by atoms with Gasteiger partial charge in [-0.25, -0.2) is 0 Å². The molecule has 4 rings (SSSR count). The molecule has 3 aliphatic carbocycles. The fourth-order valence-electron chi connectivity index (χ4n) is 6.66. The van der Waals surface area contributed by atoms with E-state index in [-0.39, 0.29) is 0 Å². The van der Waals surface area contributed by atoms with E-state index in [1.807, 2.05) is 0 Å². The van der Waals surface area contributed by atoms with Crippen LogP contribution in [0.3, 0.4) is 0 Å². The molecule has 1 aromatic carbocycles. The van der Waals surface area contributed by atoms with E-state index in [2.05, 4.69) is 19.1 Å². The van der Waals surface area contributed by atoms with Gasteiger partial charge in [-0.15, -0.1) is 0 Å². The Balaban J connectivity index is 1.70. The number of benzene rings is 1. The van der Waals surface area contributed by atoms with Gasteiger partial charge in [0.25, 0.3) is 0 Å². The minimum Gasteiger partial charge on any atom is -0.0550 e. The number of hydrogen-bond donors (Lipinski definition) is 0. The van der Waals surface area contributed by atoms with Crippen LogP contribution < -0.4 is 0 Å². The van der Waals surface area contributed by atoms with E-state index in [0.29, 0.717) is 0 Å². The zero-order chi connectivity index (χ0) is 19.2. The van der Waals surface area contributed by atoms with Crippen molar-refractivity contribution in [3.63, 3.8) is 0 Å². The SMILES string of the molecule is Cc1c(C2CCCCCC2)cc(C2CCCCCC2)cc1C1CCCCCC1. The Bertz CT molecular complexity index is 547. The second kappa shape index (κ2) is 10.3. The molecule has 156 valence electrons. The van der Waals surface area contributed by atoms with Gasteiger partial charge < -0.3 is 0 Å². The molecule has 0 atom stereocenters. The largest absolute Gasteiger partial charge is 0.0550 e. The summed E-state index contributed by atoms with van der Waals surface area (Å²) in [5.74, 6) is 2.53. The number of rotatable bonds is 3. The van der Waals surface area contributed by atoms with Crippen LogP contribution in [0.25, 0.3) is 0 Å². The predicted octanol–water partition coefficient (Wildman–Crippen LogP) is 9.31. The molecule has 0 nitrogen and oxygen atoms in total. The highest BCUT2D eigenvalue weighted by atomic mass is 14.3. The average molecular weight is 381 g/mol. The summed E-state index contributed by atoms with van der Waals surface area (Å²) in [4.78, 5) is 0. The monoisotopic (exact) mass is 380 g/mol. The molecule has 0 aliphatic heterocycles. The van der Waals surface area contributed by atoms with E-state index < -0.39 is 0 Å². The normalized spacial score (nSPS) is 24.5. The minimum absolute atomic E-state index is 0.845. The lowest BCUT2D eigenvalue weighted by Crippen LogP contribution is -2.10. The van der Waals surface area contributed by atoms with Crippen molar-refractivity contribution in [3.8, 4) is 0 Å². The smallest absolute Gasteiger partial charge is 0.0159 e. The lowest BCUT2D eigenvalue weighted by Gasteiger charge is -2.27. The highest BCUT2D eigenvalue weighted by Gasteiger charge is 2.25. The van der Waals surface area contributed by atoms with Crippen molar-refractivity contribution in [2.24, 2.45) is 0 Å². The molecule has 0 spiro atoms. The quantitative estimate of drug-likeness (QED) is 0.458. The summed E-state index contributed by atoms with van der Waals surface area (Å²) in [6.07, 6.45) is 26.2. The fraction of sp³-hybridized carbons (Fsp3) is 0.786. The van der Waals surface area contributed by atoms with Crippen molar-refractivity contribution in [2.75, 3.05) is 0 Å². The summed E-state index contributed by atoms with van der Waals surface area (Å²) < 4.78 is 0. The summed E-state index contributed by atoms with van der Waals surface area (Å²) in [6.45, 7) is 2.50. The molecule has 0 heterocycles. The fourth-order valence-corrected chi connectivity index (χ4v) is 6.66. The summed E-state index contributed by atoms with van der Waals surface area (Å²) in [6, 6.07) is 5.45. The lowest BCUT2D eigenvalue weighted by molar-refractivity contribution is 0.558. The van der Waals surface area contributed by atoms with Crippen LogP contribution in [0.1, 0.15) is 156 Å². The zero-order valence-electron chi connectivity index (χ0n) is 18.6. The topological polar surface area (TPSA) is 0 Å². The van der Waals surface area contributed by atoms with Gasteiger partial charge in [0, 0.05) is 0 Å². The van der Waals surface area contributed by atoms with Crippen LogP contribution >= 0.6 is 0 Å². The molecule has 3 saturated carbocycles. The second-order valence-electron chi connectivity index (χ2n) is 10.4. The van der Waals surface area contributed by atoms with Crippen LogP contribution in [0.4, 0.5) is 0 Å². The van der Waals surface area contributed by atoms with Crippen molar-refractivity contribution in [2.45, 2.75) is 140 Å². The average Bonchev–Trinajstić information content (AvgIpc) is 3.24. The van der Waals surface area contributed by atoms with Crippen LogP contribution in [0.2, 0.25) is 0 Å². The van der Waals surface area contributed by atoms with Crippen LogP contribution in [-0.4, -0.2) is 0 Å². The molecule has 0 saturated heterocycles. The molecular formula is C28H44. The maximum atomic E-state index is 2.72. The van der Waals surface area contributed by atoms with E-state index in [1.165, 1.54) is 116 Å². The number of hydrogen-bond acceptors (Lipinski definition) is 0. The molecule has 0 heteroatoms. The van der Waals surface area contributed by atoms with E-state index in [4.69, 9.17) is 0 Å². The third kappa shape index (κ3) is 5.03. The van der Waals surface area contributed by atoms with E-state index in [0.717, 1.165) is 17.8 Å². The molecule has 1 aromatic rings. The summed E-state index contributed by atoms with van der Waals surface area (Å²) >= 11 is 0. The van der Waals surface area contributed by atoms with Crippen molar-refractivity contribution < 1.29 is 0 Å². The first-order valence-electron chi connectivity index (χ1n) is 13.0. The molecule has 28 heavy (non-hydrogen) atoms. The summed E-state index contributed by atoms with van der Waals surface area (Å²) in [7, 11) is 0. The van der Waals surface area contributed by atoms with Crippen LogP contribution in [0.15, 0.2) is 12.1 Å². The Hall–Kier alpha value is -0.780. The minimum atomic E-state index is 0.845. The van der Waals surface area contributed by atoms with Gasteiger partial charge in [0.1, 0.15) is 0 Å².